The summed E-state index contributed by atoms with van der Waals surface area (Å²) in [5.74, 6) is 1.62. The highest BCUT2D eigenvalue weighted by Gasteiger charge is 2.20. The first kappa shape index (κ1) is 14.0. The van der Waals surface area contributed by atoms with Crippen molar-refractivity contribution in [3.05, 3.63) is 47.2 Å². The van der Waals surface area contributed by atoms with Gasteiger partial charge in [0.2, 0.25) is 0 Å². The largest absolute Gasteiger partial charge is 0.467 e. The molecule has 0 aliphatic heterocycles. The number of aromatic nitrogens is 1. The van der Waals surface area contributed by atoms with Gasteiger partial charge in [0.1, 0.15) is 5.76 Å². The standard InChI is InChI=1S/C17H22N2O2/c1-12-9-16(17(20)18-10-14-5-3-6-14)13(2)19(12)11-15-7-4-8-21-15/h4,7-9,14H,3,5-6,10-11H2,1-2H3,(H,18,20). The van der Waals surface area contributed by atoms with Crippen LogP contribution in [-0.4, -0.2) is 17.0 Å². The monoisotopic (exact) mass is 286 g/mol. The van der Waals surface area contributed by atoms with Crippen LogP contribution >= 0.6 is 0 Å². The molecule has 0 spiro atoms. The van der Waals surface area contributed by atoms with E-state index in [-0.39, 0.29) is 5.91 Å². The van der Waals surface area contributed by atoms with Gasteiger partial charge < -0.3 is 14.3 Å². The number of hydrogen-bond donors (Lipinski definition) is 1. The molecule has 1 N–H and O–H groups in total. The molecule has 2 aromatic heterocycles. The van der Waals surface area contributed by atoms with Crippen LogP contribution in [0.3, 0.4) is 0 Å². The molecule has 1 aliphatic carbocycles. The zero-order valence-electron chi connectivity index (χ0n) is 12.7. The molecule has 4 heteroatoms. The van der Waals surface area contributed by atoms with E-state index in [0.717, 1.165) is 29.3 Å². The van der Waals surface area contributed by atoms with E-state index in [2.05, 4.69) is 9.88 Å². The molecule has 3 rings (SSSR count). The van der Waals surface area contributed by atoms with E-state index in [4.69, 9.17) is 4.42 Å². The molecule has 21 heavy (non-hydrogen) atoms. The van der Waals surface area contributed by atoms with Crippen molar-refractivity contribution < 1.29 is 9.21 Å². The van der Waals surface area contributed by atoms with Crippen molar-refractivity contribution >= 4 is 5.91 Å². The molecule has 0 bridgehead atoms. The lowest BCUT2D eigenvalue weighted by Crippen LogP contribution is -2.32. The van der Waals surface area contributed by atoms with Gasteiger partial charge >= 0.3 is 0 Å². The number of nitrogens with one attached hydrogen (secondary N) is 1. The van der Waals surface area contributed by atoms with Crippen molar-refractivity contribution in [2.24, 2.45) is 5.92 Å². The van der Waals surface area contributed by atoms with Gasteiger partial charge in [0.05, 0.1) is 18.4 Å². The van der Waals surface area contributed by atoms with Crippen LogP contribution in [0.15, 0.2) is 28.9 Å². The van der Waals surface area contributed by atoms with Crippen molar-refractivity contribution in [1.82, 2.24) is 9.88 Å². The zero-order valence-corrected chi connectivity index (χ0v) is 12.7. The second kappa shape index (κ2) is 5.80. The van der Waals surface area contributed by atoms with Gasteiger partial charge in [0.15, 0.2) is 0 Å². The normalized spacial score (nSPS) is 15.0. The van der Waals surface area contributed by atoms with Crippen LogP contribution in [0.25, 0.3) is 0 Å². The lowest BCUT2D eigenvalue weighted by atomic mass is 9.85. The maximum Gasteiger partial charge on any atom is 0.253 e. The van der Waals surface area contributed by atoms with Crippen LogP contribution < -0.4 is 5.32 Å². The van der Waals surface area contributed by atoms with Gasteiger partial charge in [0.25, 0.3) is 5.91 Å². The molecule has 0 saturated heterocycles. The maximum absolute atomic E-state index is 12.3. The molecular weight excluding hydrogens is 264 g/mol. The third-order valence-electron chi connectivity index (χ3n) is 4.49. The van der Waals surface area contributed by atoms with Gasteiger partial charge in [-0.05, 0) is 50.8 Å². The van der Waals surface area contributed by atoms with Crippen LogP contribution in [-0.2, 0) is 6.54 Å². The van der Waals surface area contributed by atoms with E-state index in [0.29, 0.717) is 12.5 Å². The summed E-state index contributed by atoms with van der Waals surface area (Å²) in [5, 5.41) is 3.07. The Morgan fingerprint density at radius 2 is 2.24 bits per heavy atom. The Kier molecular flexibility index (Phi) is 3.86. The molecule has 2 aromatic rings. The predicted molar refractivity (Wildman–Crippen MR) is 81.4 cm³/mol. The van der Waals surface area contributed by atoms with Crippen LogP contribution in [0.1, 0.15) is 46.8 Å². The fourth-order valence-electron chi connectivity index (χ4n) is 2.86. The van der Waals surface area contributed by atoms with Gasteiger partial charge in [-0.15, -0.1) is 0 Å². The Hall–Kier alpha value is -1.97. The molecule has 1 fully saturated rings. The first-order valence-corrected chi connectivity index (χ1v) is 7.62. The molecule has 112 valence electrons. The molecule has 0 aromatic carbocycles. The van der Waals surface area contributed by atoms with E-state index < -0.39 is 0 Å². The molecule has 1 aliphatic rings. The molecule has 0 atom stereocenters. The highest BCUT2D eigenvalue weighted by atomic mass is 16.3. The average molecular weight is 286 g/mol. The van der Waals surface area contributed by atoms with Crippen LogP contribution in [0.5, 0.6) is 0 Å². The molecule has 0 unspecified atom stereocenters. The minimum atomic E-state index is 0.0423. The maximum atomic E-state index is 12.3. The summed E-state index contributed by atoms with van der Waals surface area (Å²) in [6.45, 7) is 5.49. The Morgan fingerprint density at radius 3 is 2.86 bits per heavy atom. The third kappa shape index (κ3) is 2.89. The summed E-state index contributed by atoms with van der Waals surface area (Å²) in [6.07, 6.45) is 5.48. The Bertz CT molecular complexity index is 622. The van der Waals surface area contributed by atoms with Crippen molar-refractivity contribution in [2.45, 2.75) is 39.7 Å². The predicted octanol–water partition coefficient (Wildman–Crippen LogP) is 3.28. The van der Waals surface area contributed by atoms with Gasteiger partial charge in [0, 0.05) is 17.9 Å². The van der Waals surface area contributed by atoms with Crippen LogP contribution in [0.4, 0.5) is 0 Å². The Labute approximate surface area is 125 Å². The summed E-state index contributed by atoms with van der Waals surface area (Å²) in [5.41, 5.74) is 2.85. The Morgan fingerprint density at radius 1 is 1.43 bits per heavy atom. The molecule has 4 nitrogen and oxygen atoms in total. The minimum Gasteiger partial charge on any atom is -0.467 e. The SMILES string of the molecule is Cc1cc(C(=O)NCC2CCC2)c(C)n1Cc1ccco1. The highest BCUT2D eigenvalue weighted by molar-refractivity contribution is 5.95. The summed E-state index contributed by atoms with van der Waals surface area (Å²) < 4.78 is 7.52. The van der Waals surface area contributed by atoms with Crippen molar-refractivity contribution in [3.63, 3.8) is 0 Å². The Balaban J connectivity index is 1.71. The quantitative estimate of drug-likeness (QED) is 0.917. The van der Waals surface area contributed by atoms with E-state index >= 15 is 0 Å². The molecule has 0 radical (unpaired) electrons. The number of furan rings is 1. The van der Waals surface area contributed by atoms with Crippen molar-refractivity contribution in [1.29, 1.82) is 0 Å². The second-order valence-corrected chi connectivity index (χ2v) is 5.96. The number of carbonyl (C=O) groups excluding carboxylic acids is 1. The lowest BCUT2D eigenvalue weighted by molar-refractivity contribution is 0.0938. The van der Waals surface area contributed by atoms with Crippen LogP contribution in [0, 0.1) is 19.8 Å². The fraction of sp³-hybridized carbons (Fsp3) is 0.471. The first-order chi connectivity index (χ1) is 10.1. The average Bonchev–Trinajstić information content (AvgIpc) is 3.00. The van der Waals surface area contributed by atoms with E-state index in [1.807, 2.05) is 32.0 Å². The lowest BCUT2D eigenvalue weighted by Gasteiger charge is -2.25. The third-order valence-corrected chi connectivity index (χ3v) is 4.49. The number of carbonyl (C=O) groups is 1. The summed E-state index contributed by atoms with van der Waals surface area (Å²) in [4.78, 5) is 12.3. The molecular formula is C17H22N2O2. The summed E-state index contributed by atoms with van der Waals surface area (Å²) in [7, 11) is 0. The number of hydrogen-bond acceptors (Lipinski definition) is 2. The second-order valence-electron chi connectivity index (χ2n) is 5.96. The van der Waals surface area contributed by atoms with E-state index in [1.165, 1.54) is 19.3 Å². The molecule has 2 heterocycles. The topological polar surface area (TPSA) is 47.2 Å². The van der Waals surface area contributed by atoms with Crippen molar-refractivity contribution in [3.8, 4) is 0 Å². The number of nitrogens with zero attached hydrogens (tertiary/aromatic N) is 1. The number of aryl methyl sites for hydroxylation is 1. The number of rotatable bonds is 5. The highest BCUT2D eigenvalue weighted by Crippen LogP contribution is 2.25. The first-order valence-electron chi connectivity index (χ1n) is 7.62. The molecule has 1 saturated carbocycles. The van der Waals surface area contributed by atoms with Gasteiger partial charge in [-0.2, -0.15) is 0 Å². The van der Waals surface area contributed by atoms with Crippen molar-refractivity contribution in [2.75, 3.05) is 6.54 Å². The minimum absolute atomic E-state index is 0.0423. The van der Waals surface area contributed by atoms with Gasteiger partial charge in [-0.3, -0.25) is 4.79 Å². The summed E-state index contributed by atoms with van der Waals surface area (Å²) in [6, 6.07) is 5.80. The van der Waals surface area contributed by atoms with E-state index in [9.17, 15) is 4.79 Å². The van der Waals surface area contributed by atoms with E-state index in [1.54, 1.807) is 6.26 Å². The van der Waals surface area contributed by atoms with Gasteiger partial charge in [-0.1, -0.05) is 6.42 Å². The molecule has 1 amide bonds. The number of amides is 1. The zero-order chi connectivity index (χ0) is 14.8. The van der Waals surface area contributed by atoms with Gasteiger partial charge in [-0.25, -0.2) is 0 Å². The smallest absolute Gasteiger partial charge is 0.253 e. The fourth-order valence-corrected chi connectivity index (χ4v) is 2.86. The summed E-state index contributed by atoms with van der Waals surface area (Å²) >= 11 is 0. The van der Waals surface area contributed by atoms with Crippen LogP contribution in [0.2, 0.25) is 0 Å².